The second-order valence-electron chi connectivity index (χ2n) is 7.65. The Balaban J connectivity index is 1.82. The molecule has 1 aromatic carbocycles. The molecule has 1 aliphatic heterocycles. The van der Waals surface area contributed by atoms with Crippen molar-refractivity contribution < 1.29 is 30.6 Å². The first-order chi connectivity index (χ1) is 12.6. The second kappa shape index (κ2) is 6.12. The zero-order chi connectivity index (χ0) is 19.4. The quantitative estimate of drug-likeness (QED) is 0.570. The number of hydrogen-bond donors (Lipinski definition) is 0. The summed E-state index contributed by atoms with van der Waals surface area (Å²) in [5, 5.41) is 0. The average Bonchev–Trinajstić information content (AvgIpc) is 3.26. The number of alkyl halides is 3. The van der Waals surface area contributed by atoms with Gasteiger partial charge in [0.15, 0.2) is 0 Å². The molecule has 1 heterocycles. The van der Waals surface area contributed by atoms with Crippen LogP contribution in [0.5, 0.6) is 5.75 Å². The Morgan fingerprint density at radius 2 is 1.85 bits per heavy atom. The van der Waals surface area contributed by atoms with E-state index in [1.165, 1.54) is 12.1 Å². The summed E-state index contributed by atoms with van der Waals surface area (Å²) in [6.45, 7) is 0.533. The number of likely N-dealkylation sites (tertiary alicyclic amines) is 1. The normalized spacial score (nSPS) is 24.6. The lowest BCUT2D eigenvalue weighted by atomic mass is 9.78. The molecule has 1 amide bonds. The summed E-state index contributed by atoms with van der Waals surface area (Å²) in [6, 6.07) is 4.13. The highest BCUT2D eigenvalue weighted by atomic mass is 32.2. The molecule has 9 heteroatoms. The molecule has 4 rings (SSSR count). The standard InChI is InChI=1S/C18H20F3NO4S/c19-18(20,21)27(24,25)26-13-6-3-5-12-11-17(8-1-2-9-17)16(15(12)13)22-10-4-7-14(22)23/h3,5-6,16H,1-2,4,7-11H2. The fraction of sp³-hybridized carbons (Fsp3) is 0.611. The Labute approximate surface area is 155 Å². The third-order valence-corrected chi connectivity index (χ3v) is 7.02. The Bertz CT molecular complexity index is 875. The molecule has 1 saturated carbocycles. The molecule has 2 fully saturated rings. The monoisotopic (exact) mass is 403 g/mol. The van der Waals surface area contributed by atoms with Crippen LogP contribution in [0, 0.1) is 5.41 Å². The van der Waals surface area contributed by atoms with Gasteiger partial charge in [-0.25, -0.2) is 0 Å². The summed E-state index contributed by atoms with van der Waals surface area (Å²) in [6.07, 6.45) is 5.44. The number of carbonyl (C=O) groups excluding carboxylic acids is 1. The van der Waals surface area contributed by atoms with Gasteiger partial charge in [-0.05, 0) is 42.7 Å². The van der Waals surface area contributed by atoms with E-state index in [0.29, 0.717) is 31.4 Å². The molecule has 1 unspecified atom stereocenters. The Hall–Kier alpha value is -1.77. The molecule has 148 valence electrons. The van der Waals surface area contributed by atoms with Crippen LogP contribution < -0.4 is 4.18 Å². The highest BCUT2D eigenvalue weighted by molar-refractivity contribution is 7.88. The van der Waals surface area contributed by atoms with E-state index >= 15 is 0 Å². The van der Waals surface area contributed by atoms with Gasteiger partial charge in [0.25, 0.3) is 0 Å². The number of rotatable bonds is 3. The van der Waals surface area contributed by atoms with Crippen LogP contribution in [0.1, 0.15) is 55.7 Å². The molecule has 3 aliphatic rings. The van der Waals surface area contributed by atoms with E-state index in [1.807, 2.05) is 0 Å². The van der Waals surface area contributed by atoms with E-state index in [4.69, 9.17) is 0 Å². The smallest absolute Gasteiger partial charge is 0.376 e. The molecule has 0 N–H and O–H groups in total. The molecular weight excluding hydrogens is 383 g/mol. The number of halogens is 3. The van der Waals surface area contributed by atoms with E-state index in [2.05, 4.69) is 4.18 Å². The van der Waals surface area contributed by atoms with Gasteiger partial charge in [0, 0.05) is 18.5 Å². The molecule has 1 spiro atoms. The molecular formula is C18H20F3NO4S. The zero-order valence-electron chi connectivity index (χ0n) is 14.6. The fourth-order valence-electron chi connectivity index (χ4n) is 5.03. The van der Waals surface area contributed by atoms with Gasteiger partial charge in [-0.2, -0.15) is 21.6 Å². The first kappa shape index (κ1) is 18.6. The molecule has 1 aromatic rings. The van der Waals surface area contributed by atoms with Crippen molar-refractivity contribution in [1.82, 2.24) is 4.90 Å². The van der Waals surface area contributed by atoms with Crippen molar-refractivity contribution in [3.05, 3.63) is 29.3 Å². The van der Waals surface area contributed by atoms with Crippen LogP contribution in [-0.4, -0.2) is 31.3 Å². The largest absolute Gasteiger partial charge is 0.534 e. The van der Waals surface area contributed by atoms with Gasteiger partial charge in [0.2, 0.25) is 5.91 Å². The maximum atomic E-state index is 12.8. The van der Waals surface area contributed by atoms with Crippen molar-refractivity contribution in [2.45, 2.75) is 56.5 Å². The summed E-state index contributed by atoms with van der Waals surface area (Å²) in [5.41, 5.74) is -4.54. The molecule has 0 bridgehead atoms. The summed E-state index contributed by atoms with van der Waals surface area (Å²) in [4.78, 5) is 14.2. The second-order valence-corrected chi connectivity index (χ2v) is 9.19. The van der Waals surface area contributed by atoms with Crippen molar-refractivity contribution in [2.75, 3.05) is 6.54 Å². The number of fused-ring (bicyclic) bond motifs is 1. The van der Waals surface area contributed by atoms with Crippen LogP contribution in [0.3, 0.4) is 0 Å². The highest BCUT2D eigenvalue weighted by Gasteiger charge is 2.54. The minimum atomic E-state index is -5.77. The Morgan fingerprint density at radius 3 is 2.44 bits per heavy atom. The molecule has 2 aliphatic carbocycles. The third kappa shape index (κ3) is 2.90. The first-order valence-corrected chi connectivity index (χ1v) is 10.5. The summed E-state index contributed by atoms with van der Waals surface area (Å²) in [7, 11) is -5.77. The molecule has 1 saturated heterocycles. The van der Waals surface area contributed by atoms with E-state index in [9.17, 15) is 26.4 Å². The van der Waals surface area contributed by atoms with E-state index in [0.717, 1.165) is 31.2 Å². The average molecular weight is 403 g/mol. The van der Waals surface area contributed by atoms with Crippen LogP contribution in [0.25, 0.3) is 0 Å². The van der Waals surface area contributed by atoms with Crippen molar-refractivity contribution >= 4 is 16.0 Å². The molecule has 27 heavy (non-hydrogen) atoms. The predicted molar refractivity (Wildman–Crippen MR) is 90.3 cm³/mol. The van der Waals surface area contributed by atoms with Crippen molar-refractivity contribution in [3.8, 4) is 5.75 Å². The summed E-state index contributed by atoms with van der Waals surface area (Å²) in [5.74, 6) is -0.342. The molecule has 0 aromatic heterocycles. The van der Waals surface area contributed by atoms with Crippen LogP contribution in [-0.2, 0) is 21.3 Å². The fourth-order valence-corrected chi connectivity index (χ4v) is 5.51. The van der Waals surface area contributed by atoms with Crippen LogP contribution in [0.15, 0.2) is 18.2 Å². The van der Waals surface area contributed by atoms with Gasteiger partial charge < -0.3 is 9.08 Å². The summed E-state index contributed by atoms with van der Waals surface area (Å²) < 4.78 is 66.3. The van der Waals surface area contributed by atoms with Crippen molar-refractivity contribution in [3.63, 3.8) is 0 Å². The first-order valence-electron chi connectivity index (χ1n) is 9.07. The van der Waals surface area contributed by atoms with Gasteiger partial charge in [0.05, 0.1) is 6.04 Å². The van der Waals surface area contributed by atoms with E-state index in [1.54, 1.807) is 11.0 Å². The molecule has 0 radical (unpaired) electrons. The van der Waals surface area contributed by atoms with Crippen LogP contribution >= 0.6 is 0 Å². The summed E-state index contributed by atoms with van der Waals surface area (Å²) >= 11 is 0. The highest BCUT2D eigenvalue weighted by Crippen LogP contribution is 2.60. The van der Waals surface area contributed by atoms with E-state index in [-0.39, 0.29) is 17.1 Å². The lowest BCUT2D eigenvalue weighted by molar-refractivity contribution is -0.132. The maximum Gasteiger partial charge on any atom is 0.534 e. The zero-order valence-corrected chi connectivity index (χ0v) is 15.4. The number of nitrogens with zero attached hydrogens (tertiary/aromatic N) is 1. The minimum Gasteiger partial charge on any atom is -0.376 e. The van der Waals surface area contributed by atoms with Gasteiger partial charge in [-0.1, -0.05) is 25.0 Å². The van der Waals surface area contributed by atoms with Gasteiger partial charge >= 0.3 is 15.6 Å². The van der Waals surface area contributed by atoms with Crippen molar-refractivity contribution in [1.29, 1.82) is 0 Å². The molecule has 5 nitrogen and oxygen atoms in total. The third-order valence-electron chi connectivity index (χ3n) is 6.06. The lowest BCUT2D eigenvalue weighted by Crippen LogP contribution is -2.38. The molecule has 1 atom stereocenters. The SMILES string of the molecule is O=C1CCCN1C1c2c(cccc2OS(=O)(=O)C(F)(F)F)CC12CCCC2. The topological polar surface area (TPSA) is 63.7 Å². The van der Waals surface area contributed by atoms with Gasteiger partial charge in [-0.15, -0.1) is 0 Å². The Kier molecular flexibility index (Phi) is 4.21. The van der Waals surface area contributed by atoms with E-state index < -0.39 is 21.7 Å². The lowest BCUT2D eigenvalue weighted by Gasteiger charge is -2.38. The van der Waals surface area contributed by atoms with Crippen LogP contribution in [0.4, 0.5) is 13.2 Å². The minimum absolute atomic E-state index is 0.0346. The number of hydrogen-bond acceptors (Lipinski definition) is 4. The number of carbonyl (C=O) groups is 1. The van der Waals surface area contributed by atoms with Crippen LogP contribution in [0.2, 0.25) is 0 Å². The number of benzene rings is 1. The number of amides is 1. The predicted octanol–water partition coefficient (Wildman–Crippen LogP) is 3.70. The van der Waals surface area contributed by atoms with Gasteiger partial charge in [0.1, 0.15) is 5.75 Å². The van der Waals surface area contributed by atoms with Crippen molar-refractivity contribution in [2.24, 2.45) is 5.41 Å². The Morgan fingerprint density at radius 1 is 1.15 bits per heavy atom. The van der Waals surface area contributed by atoms with Gasteiger partial charge in [-0.3, -0.25) is 4.79 Å². The maximum absolute atomic E-state index is 12.8.